The second-order valence-corrected chi connectivity index (χ2v) is 7.96. The molecule has 0 aliphatic carbocycles. The highest BCUT2D eigenvalue weighted by molar-refractivity contribution is 7.91. The zero-order chi connectivity index (χ0) is 16.8. The molecule has 0 heterocycles. The van der Waals surface area contributed by atoms with Crippen LogP contribution in [0.3, 0.4) is 0 Å². The van der Waals surface area contributed by atoms with E-state index in [1.165, 1.54) is 7.11 Å². The molecule has 6 nitrogen and oxygen atoms in total. The van der Waals surface area contributed by atoms with Gasteiger partial charge in [-0.05, 0) is 31.5 Å². The first-order valence-corrected chi connectivity index (χ1v) is 8.83. The molecule has 8 heteroatoms. The molecule has 23 heavy (non-hydrogen) atoms. The van der Waals surface area contributed by atoms with Crippen LogP contribution in [0.2, 0.25) is 0 Å². The molecule has 0 aromatic heterocycles. The zero-order valence-corrected chi connectivity index (χ0v) is 15.2. The van der Waals surface area contributed by atoms with Crippen LogP contribution in [-0.4, -0.2) is 39.3 Å². The van der Waals surface area contributed by atoms with Gasteiger partial charge in [-0.25, -0.2) is 8.42 Å². The molecule has 1 aromatic rings. The van der Waals surface area contributed by atoms with Gasteiger partial charge in [-0.1, -0.05) is 12.1 Å². The molecule has 1 aromatic carbocycles. The van der Waals surface area contributed by atoms with Gasteiger partial charge in [0.1, 0.15) is 0 Å². The van der Waals surface area contributed by atoms with Gasteiger partial charge in [-0.2, -0.15) is 0 Å². The predicted molar refractivity (Wildman–Crippen MR) is 94.5 cm³/mol. The number of hydrogen-bond acceptors (Lipinski definition) is 5. The summed E-state index contributed by atoms with van der Waals surface area (Å²) in [5.41, 5.74) is 6.69. The lowest BCUT2D eigenvalue weighted by molar-refractivity contribution is -0.118. The largest absolute Gasteiger partial charge is 0.380 e. The molecule has 1 rings (SSSR count). The van der Waals surface area contributed by atoms with Crippen LogP contribution in [0.5, 0.6) is 0 Å². The number of nitrogens with one attached hydrogen (secondary N) is 1. The van der Waals surface area contributed by atoms with Crippen molar-refractivity contribution < 1.29 is 17.9 Å². The summed E-state index contributed by atoms with van der Waals surface area (Å²) in [5, 5.41) is 2.29. The van der Waals surface area contributed by atoms with Crippen molar-refractivity contribution in [1.29, 1.82) is 0 Å². The Morgan fingerprint density at radius 1 is 1.35 bits per heavy atom. The number of rotatable bonds is 8. The molecular weight excluding hydrogens is 340 g/mol. The van der Waals surface area contributed by atoms with Crippen molar-refractivity contribution in [3.63, 3.8) is 0 Å². The predicted octanol–water partition coefficient (Wildman–Crippen LogP) is 1.73. The maximum absolute atomic E-state index is 11.9. The second-order valence-electron chi connectivity index (χ2n) is 5.40. The maximum Gasteiger partial charge on any atom is 0.227 e. The molecule has 0 fully saturated rings. The Morgan fingerprint density at radius 3 is 2.52 bits per heavy atom. The number of methoxy groups -OCH3 is 1. The van der Waals surface area contributed by atoms with Gasteiger partial charge in [0, 0.05) is 19.3 Å². The van der Waals surface area contributed by atoms with Gasteiger partial charge in [0.05, 0.1) is 23.5 Å². The summed E-state index contributed by atoms with van der Waals surface area (Å²) in [5.74, 6) is -0.265. The molecule has 0 radical (unpaired) electrons. The molecule has 0 spiro atoms. The molecule has 3 N–H and O–H groups in total. The topological polar surface area (TPSA) is 98.5 Å². The van der Waals surface area contributed by atoms with Crippen molar-refractivity contribution in [3.8, 4) is 0 Å². The molecule has 1 unspecified atom stereocenters. The van der Waals surface area contributed by atoms with Crippen molar-refractivity contribution in [1.82, 2.24) is 0 Å². The summed E-state index contributed by atoms with van der Waals surface area (Å²) in [6.45, 7) is 3.56. The Morgan fingerprint density at radius 2 is 2.00 bits per heavy atom. The van der Waals surface area contributed by atoms with Crippen molar-refractivity contribution >= 4 is 33.8 Å². The van der Waals surface area contributed by atoms with Crippen LogP contribution in [-0.2, 0) is 25.1 Å². The summed E-state index contributed by atoms with van der Waals surface area (Å²) >= 11 is 0. The number of amides is 1. The van der Waals surface area contributed by atoms with Crippen LogP contribution >= 0.6 is 12.4 Å². The van der Waals surface area contributed by atoms with E-state index >= 15 is 0 Å². The average molecular weight is 365 g/mol. The monoisotopic (exact) mass is 364 g/mol. The second kappa shape index (κ2) is 9.87. The highest BCUT2D eigenvalue weighted by Gasteiger charge is 2.17. The first-order valence-electron chi connectivity index (χ1n) is 7.11. The van der Waals surface area contributed by atoms with E-state index in [4.69, 9.17) is 10.5 Å². The smallest absolute Gasteiger partial charge is 0.227 e. The van der Waals surface area contributed by atoms with E-state index in [1.807, 2.05) is 0 Å². The Labute approximate surface area is 144 Å². The number of carbonyl (C=O) groups is 1. The van der Waals surface area contributed by atoms with E-state index in [-0.39, 0.29) is 43.1 Å². The normalized spacial score (nSPS) is 12.6. The first kappa shape index (κ1) is 21.9. The number of halogens is 1. The molecule has 0 aliphatic rings. The first-order chi connectivity index (χ1) is 10.3. The minimum atomic E-state index is -3.17. The van der Waals surface area contributed by atoms with Crippen molar-refractivity contribution in [3.05, 3.63) is 29.8 Å². The number of sulfone groups is 1. The molecule has 1 amide bonds. The lowest BCUT2D eigenvalue weighted by Crippen LogP contribution is -2.28. The third kappa shape index (κ3) is 7.30. The SMILES string of the molecule is COC(CN)CC(=O)Nc1cccc(CS(=O)(=O)C(C)C)c1.Cl. The number of ether oxygens (including phenoxy) is 1. The van der Waals surface area contributed by atoms with Crippen LogP contribution in [0.1, 0.15) is 25.8 Å². The van der Waals surface area contributed by atoms with Crippen LogP contribution < -0.4 is 11.1 Å². The summed E-state index contributed by atoms with van der Waals surface area (Å²) in [4.78, 5) is 11.9. The number of benzene rings is 1. The van der Waals surface area contributed by atoms with Gasteiger partial charge >= 0.3 is 0 Å². The molecular formula is C15H25ClN2O4S. The minimum absolute atomic E-state index is 0. The van der Waals surface area contributed by atoms with Crippen molar-refractivity contribution in [2.45, 2.75) is 37.4 Å². The fraction of sp³-hybridized carbons (Fsp3) is 0.533. The van der Waals surface area contributed by atoms with E-state index in [2.05, 4.69) is 5.32 Å². The number of nitrogens with two attached hydrogens (primary N) is 1. The number of carbonyl (C=O) groups excluding carboxylic acids is 1. The maximum atomic E-state index is 11.9. The number of anilines is 1. The fourth-order valence-electron chi connectivity index (χ4n) is 1.82. The summed E-state index contributed by atoms with van der Waals surface area (Å²) in [7, 11) is -1.67. The van der Waals surface area contributed by atoms with E-state index in [0.29, 0.717) is 11.3 Å². The summed E-state index contributed by atoms with van der Waals surface area (Å²) in [6, 6.07) is 6.83. The third-order valence-corrected chi connectivity index (χ3v) is 5.48. The van der Waals surface area contributed by atoms with Gasteiger partial charge in [-0.15, -0.1) is 12.4 Å². The third-order valence-electron chi connectivity index (χ3n) is 3.31. The lowest BCUT2D eigenvalue weighted by Gasteiger charge is -2.13. The highest BCUT2D eigenvalue weighted by atomic mass is 35.5. The molecule has 0 saturated carbocycles. The van der Waals surface area contributed by atoms with E-state index in [9.17, 15) is 13.2 Å². The molecule has 0 saturated heterocycles. The van der Waals surface area contributed by atoms with Crippen LogP contribution in [0.15, 0.2) is 24.3 Å². The molecule has 132 valence electrons. The van der Waals surface area contributed by atoms with Gasteiger partial charge in [0.25, 0.3) is 0 Å². The Kier molecular flexibility index (Phi) is 9.38. The fourth-order valence-corrected chi connectivity index (χ4v) is 2.80. The van der Waals surface area contributed by atoms with Crippen molar-refractivity contribution in [2.24, 2.45) is 5.73 Å². The van der Waals surface area contributed by atoms with Gasteiger partial charge in [0.15, 0.2) is 9.84 Å². The summed E-state index contributed by atoms with van der Waals surface area (Å²) in [6.07, 6.45) is -0.175. The van der Waals surface area contributed by atoms with Gasteiger partial charge < -0.3 is 15.8 Å². The molecule has 0 aliphatic heterocycles. The van der Waals surface area contributed by atoms with Crippen LogP contribution in [0.25, 0.3) is 0 Å². The highest BCUT2D eigenvalue weighted by Crippen LogP contribution is 2.16. The van der Waals surface area contributed by atoms with E-state index < -0.39 is 15.1 Å². The Balaban J connectivity index is 0.00000484. The quantitative estimate of drug-likeness (QED) is 0.732. The molecule has 1 atom stereocenters. The van der Waals surface area contributed by atoms with Gasteiger partial charge in [0.2, 0.25) is 5.91 Å². The standard InChI is InChI=1S/C15H24N2O4S.ClH/c1-11(2)22(19,20)10-12-5-4-6-13(7-12)17-15(18)8-14(9-16)21-3;/h4-7,11,14H,8-10,16H2,1-3H3,(H,17,18);1H. The Hall–Kier alpha value is -1.15. The zero-order valence-electron chi connectivity index (χ0n) is 13.6. The summed E-state index contributed by atoms with van der Waals surface area (Å²) < 4.78 is 28.9. The van der Waals surface area contributed by atoms with E-state index in [1.54, 1.807) is 38.1 Å². The van der Waals surface area contributed by atoms with Crippen LogP contribution in [0, 0.1) is 0 Å². The van der Waals surface area contributed by atoms with E-state index in [0.717, 1.165) is 0 Å². The minimum Gasteiger partial charge on any atom is -0.380 e. The van der Waals surface area contributed by atoms with Gasteiger partial charge in [-0.3, -0.25) is 4.79 Å². The van der Waals surface area contributed by atoms with Crippen molar-refractivity contribution in [2.75, 3.05) is 19.0 Å². The van der Waals surface area contributed by atoms with Crippen LogP contribution in [0.4, 0.5) is 5.69 Å². The molecule has 0 bridgehead atoms. The lowest BCUT2D eigenvalue weighted by atomic mass is 10.2. The average Bonchev–Trinajstić information content (AvgIpc) is 2.44. The Bertz CT molecular complexity index is 601. The number of hydrogen-bond donors (Lipinski definition) is 2.